The number of hydrogen-bond acceptors (Lipinski definition) is 4. The minimum Gasteiger partial charge on any atom is -0.492 e. The van der Waals surface area contributed by atoms with E-state index in [0.29, 0.717) is 24.1 Å². The van der Waals surface area contributed by atoms with E-state index in [1.54, 1.807) is 24.3 Å². The lowest BCUT2D eigenvalue weighted by Crippen LogP contribution is -2.33. The molecule has 7 nitrogen and oxygen atoms in total. The molecule has 1 heterocycles. The number of ether oxygens (including phenoxy) is 1. The van der Waals surface area contributed by atoms with Gasteiger partial charge in [-0.2, -0.15) is 0 Å². The molecule has 0 bridgehead atoms. The van der Waals surface area contributed by atoms with Gasteiger partial charge in [0.1, 0.15) is 12.4 Å². The fourth-order valence-electron chi connectivity index (χ4n) is 2.83. The Morgan fingerprint density at radius 3 is 2.78 bits per heavy atom. The molecule has 0 atom stereocenters. The van der Waals surface area contributed by atoms with Gasteiger partial charge in [-0.3, -0.25) is 19.1 Å². The van der Waals surface area contributed by atoms with E-state index in [4.69, 9.17) is 4.74 Å². The summed E-state index contributed by atoms with van der Waals surface area (Å²) in [4.78, 5) is 38.2. The zero-order chi connectivity index (χ0) is 19.2. The van der Waals surface area contributed by atoms with Gasteiger partial charge in [0.2, 0.25) is 5.91 Å². The lowest BCUT2D eigenvalue weighted by atomic mass is 10.2. The van der Waals surface area contributed by atoms with Crippen LogP contribution in [0.15, 0.2) is 58.1 Å². The highest BCUT2D eigenvalue weighted by atomic mass is 16.5. The van der Waals surface area contributed by atoms with Gasteiger partial charge in [-0.15, -0.1) is 0 Å². The predicted octanol–water partition coefficient (Wildman–Crippen LogP) is 1.58. The van der Waals surface area contributed by atoms with Crippen LogP contribution in [-0.4, -0.2) is 28.6 Å². The topological polar surface area (TPSA) is 93.2 Å². The Bertz CT molecular complexity index is 1070. The summed E-state index contributed by atoms with van der Waals surface area (Å²) in [5.41, 5.74) is 0.677. The Labute approximate surface area is 155 Å². The van der Waals surface area contributed by atoms with Gasteiger partial charge < -0.3 is 10.1 Å². The fraction of sp³-hybridized carbons (Fsp3) is 0.250. The van der Waals surface area contributed by atoms with Crippen LogP contribution in [0.1, 0.15) is 12.0 Å². The van der Waals surface area contributed by atoms with Crippen molar-refractivity contribution in [1.29, 1.82) is 0 Å². The monoisotopic (exact) mass is 367 g/mol. The van der Waals surface area contributed by atoms with Crippen molar-refractivity contribution in [1.82, 2.24) is 14.9 Å². The van der Waals surface area contributed by atoms with Gasteiger partial charge in [-0.05, 0) is 36.8 Å². The molecule has 0 aliphatic carbocycles. The molecule has 0 spiro atoms. The Balaban J connectivity index is 1.53. The first-order valence-corrected chi connectivity index (χ1v) is 8.72. The molecule has 0 aliphatic heterocycles. The third-order valence-corrected chi connectivity index (χ3v) is 4.15. The maximum absolute atomic E-state index is 12.1. The van der Waals surface area contributed by atoms with Crippen molar-refractivity contribution >= 4 is 16.8 Å². The van der Waals surface area contributed by atoms with Crippen LogP contribution in [0.3, 0.4) is 0 Å². The van der Waals surface area contributed by atoms with Gasteiger partial charge in [-0.1, -0.05) is 24.3 Å². The van der Waals surface area contributed by atoms with Crippen LogP contribution in [0.4, 0.5) is 0 Å². The molecule has 1 aromatic heterocycles. The third kappa shape index (κ3) is 4.63. The Morgan fingerprint density at radius 1 is 1.15 bits per heavy atom. The first kappa shape index (κ1) is 18.4. The van der Waals surface area contributed by atoms with Crippen LogP contribution in [-0.2, 0) is 11.3 Å². The van der Waals surface area contributed by atoms with Gasteiger partial charge in [-0.25, -0.2) is 4.79 Å². The number of fused-ring (bicyclic) bond motifs is 1. The number of carbonyl (C=O) groups excluding carboxylic acids is 1. The maximum atomic E-state index is 12.1. The van der Waals surface area contributed by atoms with Crippen molar-refractivity contribution < 1.29 is 9.53 Å². The second-order valence-corrected chi connectivity index (χ2v) is 6.19. The standard InChI is InChI=1S/C20H21N3O4/c1-14-5-4-6-15(13-14)27-12-10-21-18(24)9-11-23-17-8-3-2-7-16(17)19(25)22-20(23)26/h2-8,13H,9-12H2,1H3,(H,21,24)(H,22,25,26). The second kappa shape index (κ2) is 8.35. The molecular weight excluding hydrogens is 346 g/mol. The Morgan fingerprint density at radius 2 is 1.96 bits per heavy atom. The number of para-hydroxylation sites is 1. The van der Waals surface area contributed by atoms with Gasteiger partial charge in [0.15, 0.2) is 0 Å². The molecule has 0 radical (unpaired) electrons. The Kier molecular flexibility index (Phi) is 5.71. The summed E-state index contributed by atoms with van der Waals surface area (Å²) in [7, 11) is 0. The van der Waals surface area contributed by atoms with E-state index in [1.165, 1.54) is 4.57 Å². The minimum atomic E-state index is -0.519. The van der Waals surface area contributed by atoms with Crippen molar-refractivity contribution in [3.8, 4) is 5.75 Å². The fourth-order valence-corrected chi connectivity index (χ4v) is 2.83. The highest BCUT2D eigenvalue weighted by Crippen LogP contribution is 2.11. The molecule has 0 aliphatic rings. The lowest BCUT2D eigenvalue weighted by Gasteiger charge is -2.10. The molecule has 2 aromatic carbocycles. The number of nitrogens with zero attached hydrogens (tertiary/aromatic N) is 1. The molecule has 3 rings (SSSR count). The van der Waals surface area contributed by atoms with Crippen LogP contribution in [0.2, 0.25) is 0 Å². The summed E-state index contributed by atoms with van der Waals surface area (Å²) in [6.07, 6.45) is 0.125. The van der Waals surface area contributed by atoms with Crippen molar-refractivity contribution in [3.05, 3.63) is 74.9 Å². The van der Waals surface area contributed by atoms with Gasteiger partial charge in [0, 0.05) is 13.0 Å². The summed E-state index contributed by atoms with van der Waals surface area (Å²) < 4.78 is 6.98. The summed E-state index contributed by atoms with van der Waals surface area (Å²) in [6.45, 7) is 2.89. The van der Waals surface area contributed by atoms with Crippen molar-refractivity contribution in [2.45, 2.75) is 19.9 Å². The third-order valence-electron chi connectivity index (χ3n) is 4.15. The molecule has 1 amide bonds. The molecule has 0 saturated carbocycles. The first-order chi connectivity index (χ1) is 13.0. The first-order valence-electron chi connectivity index (χ1n) is 8.72. The minimum absolute atomic E-state index is 0.125. The maximum Gasteiger partial charge on any atom is 0.328 e. The summed E-state index contributed by atoms with van der Waals surface area (Å²) in [5, 5.41) is 3.19. The number of aromatic amines is 1. The number of rotatable bonds is 7. The summed E-state index contributed by atoms with van der Waals surface area (Å²) in [6, 6.07) is 14.5. The van der Waals surface area contributed by atoms with E-state index < -0.39 is 11.2 Å². The van der Waals surface area contributed by atoms with Crippen molar-refractivity contribution in [3.63, 3.8) is 0 Å². The quantitative estimate of drug-likeness (QED) is 0.620. The zero-order valence-electron chi connectivity index (χ0n) is 15.0. The molecule has 27 heavy (non-hydrogen) atoms. The second-order valence-electron chi connectivity index (χ2n) is 6.19. The SMILES string of the molecule is Cc1cccc(OCCNC(=O)CCn2c(=O)[nH]c(=O)c3ccccc32)c1. The number of carbonyl (C=O) groups is 1. The average molecular weight is 367 g/mol. The van der Waals surface area contributed by atoms with Crippen molar-refractivity contribution in [2.24, 2.45) is 0 Å². The highest BCUT2D eigenvalue weighted by molar-refractivity contribution is 5.78. The van der Waals surface area contributed by atoms with E-state index >= 15 is 0 Å². The van der Waals surface area contributed by atoms with Crippen LogP contribution in [0, 0.1) is 6.92 Å². The van der Waals surface area contributed by atoms with E-state index in [-0.39, 0.29) is 18.9 Å². The number of hydrogen-bond donors (Lipinski definition) is 2. The number of H-pyrrole nitrogens is 1. The predicted molar refractivity (Wildman–Crippen MR) is 103 cm³/mol. The molecule has 3 aromatic rings. The number of nitrogens with one attached hydrogen (secondary N) is 2. The normalized spacial score (nSPS) is 10.7. The largest absolute Gasteiger partial charge is 0.492 e. The molecule has 0 unspecified atom stereocenters. The molecular formula is C20H21N3O4. The van der Waals surface area contributed by atoms with Crippen LogP contribution < -0.4 is 21.3 Å². The lowest BCUT2D eigenvalue weighted by molar-refractivity contribution is -0.121. The molecule has 140 valence electrons. The molecule has 7 heteroatoms. The van der Waals surface area contributed by atoms with E-state index in [9.17, 15) is 14.4 Å². The van der Waals surface area contributed by atoms with Crippen molar-refractivity contribution in [2.75, 3.05) is 13.2 Å². The zero-order valence-corrected chi connectivity index (χ0v) is 15.0. The van der Waals surface area contributed by atoms with Crippen LogP contribution in [0.5, 0.6) is 5.75 Å². The number of aromatic nitrogens is 2. The van der Waals surface area contributed by atoms with Crippen LogP contribution in [0.25, 0.3) is 10.9 Å². The van der Waals surface area contributed by atoms with Gasteiger partial charge in [0.05, 0.1) is 17.4 Å². The van der Waals surface area contributed by atoms with Gasteiger partial charge in [0.25, 0.3) is 5.56 Å². The highest BCUT2D eigenvalue weighted by Gasteiger charge is 2.08. The molecule has 2 N–H and O–H groups in total. The van der Waals surface area contributed by atoms with Gasteiger partial charge >= 0.3 is 5.69 Å². The van der Waals surface area contributed by atoms with Crippen LogP contribution >= 0.6 is 0 Å². The van der Waals surface area contributed by atoms with E-state index in [1.807, 2.05) is 31.2 Å². The Hall–Kier alpha value is -3.35. The van der Waals surface area contributed by atoms with E-state index in [0.717, 1.165) is 11.3 Å². The number of amides is 1. The summed E-state index contributed by atoms with van der Waals surface area (Å²) >= 11 is 0. The number of benzene rings is 2. The smallest absolute Gasteiger partial charge is 0.328 e. The molecule has 0 fully saturated rings. The number of aryl methyl sites for hydroxylation is 2. The molecule has 0 saturated heterocycles. The summed E-state index contributed by atoms with van der Waals surface area (Å²) in [5.74, 6) is 0.570. The average Bonchev–Trinajstić information content (AvgIpc) is 2.65. The van der Waals surface area contributed by atoms with E-state index in [2.05, 4.69) is 10.3 Å².